The molecule has 1 atom stereocenters. The molecule has 1 aliphatic heterocycles. The van der Waals surface area contributed by atoms with E-state index in [1.165, 1.54) is 0 Å². The van der Waals surface area contributed by atoms with E-state index < -0.39 is 15.4 Å². The highest BCUT2D eigenvalue weighted by atomic mass is 32.2. The number of benzene rings is 1. The van der Waals surface area contributed by atoms with Gasteiger partial charge < -0.3 is 14.2 Å². The minimum atomic E-state index is -3.43. The van der Waals surface area contributed by atoms with Gasteiger partial charge in [-0.05, 0) is 38.1 Å². The summed E-state index contributed by atoms with van der Waals surface area (Å²) in [6.45, 7) is 4.66. The van der Waals surface area contributed by atoms with Gasteiger partial charge in [0.1, 0.15) is 11.4 Å². The second-order valence-electron chi connectivity index (χ2n) is 5.59. The van der Waals surface area contributed by atoms with Crippen LogP contribution in [0.25, 0.3) is 0 Å². The summed E-state index contributed by atoms with van der Waals surface area (Å²) >= 11 is 0. The van der Waals surface area contributed by atoms with Crippen molar-refractivity contribution in [1.29, 1.82) is 0 Å². The smallest absolute Gasteiger partial charge is 0.181 e. The van der Waals surface area contributed by atoms with Gasteiger partial charge >= 0.3 is 0 Å². The Hall–Kier alpha value is -1.11. The van der Waals surface area contributed by atoms with Gasteiger partial charge in [0.25, 0.3) is 0 Å². The molecule has 0 saturated carbocycles. The molecule has 0 amide bonds. The molecule has 0 aromatic heterocycles. The van der Waals surface area contributed by atoms with Gasteiger partial charge in [-0.15, -0.1) is 0 Å². The number of sulfone groups is 1. The monoisotopic (exact) mass is 314 g/mol. The maximum atomic E-state index is 12.6. The molecule has 0 aliphatic carbocycles. The van der Waals surface area contributed by atoms with Gasteiger partial charge in [-0.1, -0.05) is 0 Å². The summed E-state index contributed by atoms with van der Waals surface area (Å²) in [6.07, 6.45) is 0.554. The predicted octanol–water partition coefficient (Wildman–Crippen LogP) is 2.05. The third-order valence-corrected chi connectivity index (χ3v) is 5.32. The lowest BCUT2D eigenvalue weighted by molar-refractivity contribution is -0.0670. The molecule has 21 heavy (non-hydrogen) atoms. The molecule has 1 aliphatic rings. The predicted molar refractivity (Wildman–Crippen MR) is 79.4 cm³/mol. The van der Waals surface area contributed by atoms with Gasteiger partial charge in [0.15, 0.2) is 9.84 Å². The molecule has 0 radical (unpaired) electrons. The zero-order chi connectivity index (χ0) is 15.5. The Morgan fingerprint density at radius 3 is 2.43 bits per heavy atom. The molecule has 1 heterocycles. The van der Waals surface area contributed by atoms with E-state index in [0.717, 1.165) is 0 Å². The van der Waals surface area contributed by atoms with Crippen LogP contribution in [0.4, 0.5) is 0 Å². The van der Waals surface area contributed by atoms with Crippen molar-refractivity contribution < 1.29 is 22.6 Å². The van der Waals surface area contributed by atoms with Crippen molar-refractivity contribution in [2.24, 2.45) is 0 Å². The Kier molecular flexibility index (Phi) is 4.91. The highest BCUT2D eigenvalue weighted by Gasteiger charge is 2.41. The van der Waals surface area contributed by atoms with Crippen LogP contribution in [0.3, 0.4) is 0 Å². The average Bonchev–Trinajstić information content (AvgIpc) is 2.85. The van der Waals surface area contributed by atoms with Crippen LogP contribution in [0.1, 0.15) is 20.3 Å². The third-order valence-electron chi connectivity index (χ3n) is 3.42. The van der Waals surface area contributed by atoms with Gasteiger partial charge in [0.2, 0.25) is 0 Å². The SMILES string of the molecule is COc1ccc(S(=O)(=O)CC2(OC(C)C)CCOC2)cc1. The van der Waals surface area contributed by atoms with E-state index in [9.17, 15) is 8.42 Å². The van der Waals surface area contributed by atoms with E-state index in [4.69, 9.17) is 14.2 Å². The number of methoxy groups -OCH3 is 1. The van der Waals surface area contributed by atoms with Gasteiger partial charge in [-0.3, -0.25) is 0 Å². The number of hydrogen-bond acceptors (Lipinski definition) is 5. The van der Waals surface area contributed by atoms with Gasteiger partial charge in [0, 0.05) is 13.0 Å². The quantitative estimate of drug-likeness (QED) is 0.804. The lowest BCUT2D eigenvalue weighted by Gasteiger charge is -2.29. The van der Waals surface area contributed by atoms with Crippen molar-refractivity contribution in [2.45, 2.75) is 36.9 Å². The molecular formula is C15H22O5S. The van der Waals surface area contributed by atoms with E-state index in [1.807, 2.05) is 13.8 Å². The van der Waals surface area contributed by atoms with Crippen molar-refractivity contribution in [1.82, 2.24) is 0 Å². The summed E-state index contributed by atoms with van der Waals surface area (Å²) in [4.78, 5) is 0.280. The molecule has 1 unspecified atom stereocenters. The highest BCUT2D eigenvalue weighted by molar-refractivity contribution is 7.91. The van der Waals surface area contributed by atoms with Crippen LogP contribution < -0.4 is 4.74 Å². The zero-order valence-corrected chi connectivity index (χ0v) is 13.5. The van der Waals surface area contributed by atoms with E-state index >= 15 is 0 Å². The number of hydrogen-bond donors (Lipinski definition) is 0. The molecule has 118 valence electrons. The Morgan fingerprint density at radius 1 is 1.29 bits per heavy atom. The molecule has 2 rings (SSSR count). The average molecular weight is 314 g/mol. The standard InChI is InChI=1S/C15H22O5S/c1-12(2)20-15(8-9-19-10-15)11-21(16,17)14-6-4-13(18-3)5-7-14/h4-7,12H,8-11H2,1-3H3. The fourth-order valence-corrected chi connectivity index (χ4v) is 4.25. The normalized spacial score (nSPS) is 22.7. The van der Waals surface area contributed by atoms with E-state index in [-0.39, 0.29) is 16.8 Å². The van der Waals surface area contributed by atoms with Gasteiger partial charge in [-0.25, -0.2) is 8.42 Å². The van der Waals surface area contributed by atoms with Crippen LogP contribution >= 0.6 is 0 Å². The Labute approximate surface area is 126 Å². The summed E-state index contributed by atoms with van der Waals surface area (Å²) in [5.41, 5.74) is -0.743. The summed E-state index contributed by atoms with van der Waals surface area (Å²) in [5.74, 6) is 0.566. The maximum Gasteiger partial charge on any atom is 0.181 e. The van der Waals surface area contributed by atoms with Crippen molar-refractivity contribution >= 4 is 9.84 Å². The van der Waals surface area contributed by atoms with E-state index in [2.05, 4.69) is 0 Å². The Balaban J connectivity index is 2.21. The Morgan fingerprint density at radius 2 is 1.95 bits per heavy atom. The van der Waals surface area contributed by atoms with Crippen LogP contribution in [0.2, 0.25) is 0 Å². The van der Waals surface area contributed by atoms with Gasteiger partial charge in [-0.2, -0.15) is 0 Å². The lowest BCUT2D eigenvalue weighted by atomic mass is 10.1. The van der Waals surface area contributed by atoms with E-state index in [1.54, 1.807) is 31.4 Å². The molecule has 1 saturated heterocycles. The second kappa shape index (κ2) is 6.34. The van der Waals surface area contributed by atoms with Crippen LogP contribution in [0, 0.1) is 0 Å². The maximum absolute atomic E-state index is 12.6. The first-order chi connectivity index (χ1) is 9.87. The van der Waals surface area contributed by atoms with Crippen molar-refractivity contribution in [3.05, 3.63) is 24.3 Å². The third kappa shape index (κ3) is 3.96. The van der Waals surface area contributed by atoms with Crippen molar-refractivity contribution in [3.8, 4) is 5.75 Å². The molecule has 0 spiro atoms. The van der Waals surface area contributed by atoms with Crippen molar-refractivity contribution in [3.63, 3.8) is 0 Å². The topological polar surface area (TPSA) is 61.8 Å². The molecule has 1 fully saturated rings. The zero-order valence-electron chi connectivity index (χ0n) is 12.7. The molecule has 0 N–H and O–H groups in total. The fraction of sp³-hybridized carbons (Fsp3) is 0.600. The first kappa shape index (κ1) is 16.3. The lowest BCUT2D eigenvalue weighted by Crippen LogP contribution is -2.42. The van der Waals surface area contributed by atoms with Crippen LogP contribution in [0.15, 0.2) is 29.2 Å². The first-order valence-corrected chi connectivity index (χ1v) is 8.64. The molecule has 0 bridgehead atoms. The minimum Gasteiger partial charge on any atom is -0.497 e. The Bertz CT molecular complexity index is 556. The summed E-state index contributed by atoms with van der Waals surface area (Å²) in [7, 11) is -1.89. The van der Waals surface area contributed by atoms with Crippen LogP contribution in [-0.2, 0) is 19.3 Å². The van der Waals surface area contributed by atoms with E-state index in [0.29, 0.717) is 25.4 Å². The summed E-state index contributed by atoms with van der Waals surface area (Å²) in [6, 6.07) is 6.42. The summed E-state index contributed by atoms with van der Waals surface area (Å²) < 4.78 is 41.5. The molecule has 6 heteroatoms. The highest BCUT2D eigenvalue weighted by Crippen LogP contribution is 2.29. The first-order valence-electron chi connectivity index (χ1n) is 6.99. The molecule has 1 aromatic rings. The van der Waals surface area contributed by atoms with Crippen LogP contribution in [0.5, 0.6) is 5.75 Å². The summed E-state index contributed by atoms with van der Waals surface area (Å²) in [5, 5.41) is 0. The van der Waals surface area contributed by atoms with Crippen molar-refractivity contribution in [2.75, 3.05) is 26.1 Å². The molecular weight excluding hydrogens is 292 g/mol. The fourth-order valence-electron chi connectivity index (χ4n) is 2.54. The molecule has 1 aromatic carbocycles. The number of rotatable bonds is 6. The van der Waals surface area contributed by atoms with Gasteiger partial charge in [0.05, 0.1) is 30.5 Å². The largest absolute Gasteiger partial charge is 0.497 e. The van der Waals surface area contributed by atoms with Crippen LogP contribution in [-0.4, -0.2) is 46.2 Å². The number of ether oxygens (including phenoxy) is 3. The second-order valence-corrected chi connectivity index (χ2v) is 7.58. The molecule has 5 nitrogen and oxygen atoms in total. The minimum absolute atomic E-state index is 0.0437.